The quantitative estimate of drug-likeness (QED) is 0.756. The first-order valence-corrected chi connectivity index (χ1v) is 9.88. The van der Waals surface area contributed by atoms with Crippen molar-refractivity contribution in [1.82, 2.24) is 4.90 Å². The molecule has 2 fully saturated rings. The Morgan fingerprint density at radius 3 is 2.96 bits per heavy atom. The fourth-order valence-electron chi connectivity index (χ4n) is 4.71. The molecule has 0 N–H and O–H groups in total. The SMILES string of the molecule is CC1CC2CCCCC2N1C(=O)CN1C(=O)COc2cc(Br)ccc21. The van der Waals surface area contributed by atoms with Gasteiger partial charge in [0.1, 0.15) is 12.3 Å². The minimum atomic E-state index is -0.157. The van der Waals surface area contributed by atoms with Gasteiger partial charge in [0.05, 0.1) is 5.69 Å². The van der Waals surface area contributed by atoms with Crippen LogP contribution in [0.2, 0.25) is 0 Å². The van der Waals surface area contributed by atoms with Crippen LogP contribution in [0.5, 0.6) is 5.75 Å². The topological polar surface area (TPSA) is 49.9 Å². The Morgan fingerprint density at radius 1 is 1.32 bits per heavy atom. The van der Waals surface area contributed by atoms with Crippen LogP contribution in [-0.2, 0) is 9.59 Å². The predicted octanol–water partition coefficient (Wildman–Crippen LogP) is 3.35. The normalized spacial score (nSPS) is 28.4. The fraction of sp³-hybridized carbons (Fsp3) is 0.579. The van der Waals surface area contributed by atoms with Crippen LogP contribution in [-0.4, -0.2) is 41.9 Å². The van der Waals surface area contributed by atoms with E-state index >= 15 is 0 Å². The Balaban J connectivity index is 1.55. The Bertz CT molecular complexity index is 708. The zero-order valence-corrected chi connectivity index (χ0v) is 16.0. The lowest BCUT2D eigenvalue weighted by Gasteiger charge is -2.36. The number of rotatable bonds is 2. The lowest BCUT2D eigenvalue weighted by molar-refractivity contribution is -0.134. The molecule has 2 amide bonds. The maximum atomic E-state index is 13.1. The minimum absolute atomic E-state index is 0.0155. The van der Waals surface area contributed by atoms with Crippen LogP contribution in [0.15, 0.2) is 22.7 Å². The summed E-state index contributed by atoms with van der Waals surface area (Å²) in [6.45, 7) is 2.23. The van der Waals surface area contributed by atoms with E-state index in [2.05, 4.69) is 27.8 Å². The van der Waals surface area contributed by atoms with Gasteiger partial charge in [-0.25, -0.2) is 0 Å². The molecule has 0 bridgehead atoms. The first-order valence-electron chi connectivity index (χ1n) is 9.08. The Labute approximate surface area is 156 Å². The first-order chi connectivity index (χ1) is 12.0. The van der Waals surface area contributed by atoms with Gasteiger partial charge < -0.3 is 9.64 Å². The molecule has 2 heterocycles. The van der Waals surface area contributed by atoms with Crippen LogP contribution in [0.3, 0.4) is 0 Å². The van der Waals surface area contributed by atoms with Gasteiger partial charge in [0.15, 0.2) is 6.61 Å². The highest BCUT2D eigenvalue weighted by Crippen LogP contribution is 2.40. The number of carbonyl (C=O) groups is 2. The summed E-state index contributed by atoms with van der Waals surface area (Å²) < 4.78 is 6.41. The molecule has 25 heavy (non-hydrogen) atoms. The highest BCUT2D eigenvalue weighted by molar-refractivity contribution is 9.10. The van der Waals surface area contributed by atoms with Gasteiger partial charge in [0.25, 0.3) is 5.91 Å². The van der Waals surface area contributed by atoms with Crippen LogP contribution < -0.4 is 9.64 Å². The van der Waals surface area contributed by atoms with Crippen molar-refractivity contribution in [1.29, 1.82) is 0 Å². The summed E-state index contributed by atoms with van der Waals surface area (Å²) in [5.41, 5.74) is 0.680. The van der Waals surface area contributed by atoms with Crippen LogP contribution in [0.25, 0.3) is 0 Å². The summed E-state index contributed by atoms with van der Waals surface area (Å²) in [5, 5.41) is 0. The Kier molecular flexibility index (Phi) is 4.48. The highest BCUT2D eigenvalue weighted by atomic mass is 79.9. The molecule has 3 atom stereocenters. The van der Waals surface area contributed by atoms with Crippen molar-refractivity contribution in [2.75, 3.05) is 18.1 Å². The molecule has 1 aliphatic carbocycles. The summed E-state index contributed by atoms with van der Waals surface area (Å²) in [6, 6.07) is 6.17. The average molecular weight is 407 g/mol. The molecule has 1 saturated carbocycles. The van der Waals surface area contributed by atoms with Crippen LogP contribution in [0, 0.1) is 5.92 Å². The first kappa shape index (κ1) is 16.9. The lowest BCUT2D eigenvalue weighted by Crippen LogP contribution is -2.50. The number of amides is 2. The van der Waals surface area contributed by atoms with E-state index in [1.165, 1.54) is 19.3 Å². The van der Waals surface area contributed by atoms with Gasteiger partial charge in [-0.3, -0.25) is 14.5 Å². The van der Waals surface area contributed by atoms with Gasteiger partial charge in [-0.15, -0.1) is 0 Å². The molecule has 0 aromatic heterocycles. The third kappa shape index (κ3) is 3.05. The molecule has 134 valence electrons. The van der Waals surface area contributed by atoms with Crippen molar-refractivity contribution in [3.8, 4) is 5.75 Å². The number of benzene rings is 1. The molecular weight excluding hydrogens is 384 g/mol. The Morgan fingerprint density at radius 2 is 2.12 bits per heavy atom. The molecule has 4 rings (SSSR count). The van der Waals surface area contributed by atoms with E-state index in [0.29, 0.717) is 23.4 Å². The number of halogens is 1. The smallest absolute Gasteiger partial charge is 0.265 e. The van der Waals surface area contributed by atoms with Crippen molar-refractivity contribution in [2.24, 2.45) is 5.92 Å². The number of hydrogen-bond donors (Lipinski definition) is 0. The maximum absolute atomic E-state index is 13.1. The number of ether oxygens (including phenoxy) is 1. The summed E-state index contributed by atoms with van der Waals surface area (Å²) in [7, 11) is 0. The standard InChI is InChI=1S/C19H23BrN2O3/c1-12-8-13-4-2-3-5-15(13)22(12)18(23)10-21-16-7-6-14(20)9-17(16)25-11-19(21)24/h6-7,9,12-13,15H,2-5,8,10-11H2,1H3. The lowest BCUT2D eigenvalue weighted by atomic mass is 9.85. The summed E-state index contributed by atoms with van der Waals surface area (Å²) in [4.78, 5) is 29.1. The monoisotopic (exact) mass is 406 g/mol. The van der Waals surface area contributed by atoms with Gasteiger partial charge in [0, 0.05) is 16.6 Å². The van der Waals surface area contributed by atoms with Crippen LogP contribution in [0.4, 0.5) is 5.69 Å². The molecule has 1 saturated heterocycles. The summed E-state index contributed by atoms with van der Waals surface area (Å²) in [5.74, 6) is 1.18. The van der Waals surface area contributed by atoms with Crippen molar-refractivity contribution < 1.29 is 14.3 Å². The zero-order valence-electron chi connectivity index (χ0n) is 14.4. The molecule has 0 spiro atoms. The van der Waals surface area contributed by atoms with Crippen molar-refractivity contribution in [3.05, 3.63) is 22.7 Å². The second kappa shape index (κ2) is 6.63. The molecule has 1 aromatic rings. The van der Waals surface area contributed by atoms with E-state index in [1.807, 2.05) is 18.2 Å². The van der Waals surface area contributed by atoms with Gasteiger partial charge in [-0.1, -0.05) is 28.8 Å². The van der Waals surface area contributed by atoms with E-state index < -0.39 is 0 Å². The third-order valence-corrected chi connectivity index (χ3v) is 6.28. The molecule has 0 radical (unpaired) electrons. The van der Waals surface area contributed by atoms with Crippen molar-refractivity contribution in [3.63, 3.8) is 0 Å². The van der Waals surface area contributed by atoms with E-state index in [9.17, 15) is 9.59 Å². The molecule has 3 aliphatic rings. The van der Waals surface area contributed by atoms with Gasteiger partial charge in [0.2, 0.25) is 5.91 Å². The van der Waals surface area contributed by atoms with Crippen molar-refractivity contribution >= 4 is 33.4 Å². The average Bonchev–Trinajstić information content (AvgIpc) is 2.93. The number of carbonyl (C=O) groups excluding carboxylic acids is 2. The third-order valence-electron chi connectivity index (χ3n) is 5.79. The Hall–Kier alpha value is -1.56. The molecule has 2 aliphatic heterocycles. The van der Waals surface area contributed by atoms with E-state index in [-0.39, 0.29) is 31.0 Å². The second-order valence-corrected chi connectivity index (χ2v) is 8.29. The number of anilines is 1. The number of hydrogen-bond acceptors (Lipinski definition) is 3. The fourth-order valence-corrected chi connectivity index (χ4v) is 5.05. The predicted molar refractivity (Wildman–Crippen MR) is 98.7 cm³/mol. The number of likely N-dealkylation sites (tertiary alicyclic amines) is 1. The molecular formula is C19H23BrN2O3. The largest absolute Gasteiger partial charge is 0.482 e. The van der Waals surface area contributed by atoms with E-state index in [4.69, 9.17) is 4.74 Å². The summed E-state index contributed by atoms with van der Waals surface area (Å²) >= 11 is 3.42. The molecule has 1 aromatic carbocycles. The van der Waals surface area contributed by atoms with E-state index in [0.717, 1.165) is 17.3 Å². The van der Waals surface area contributed by atoms with Gasteiger partial charge >= 0.3 is 0 Å². The second-order valence-electron chi connectivity index (χ2n) is 7.38. The van der Waals surface area contributed by atoms with Gasteiger partial charge in [-0.2, -0.15) is 0 Å². The number of nitrogens with zero attached hydrogens (tertiary/aromatic N) is 2. The van der Waals surface area contributed by atoms with Crippen LogP contribution >= 0.6 is 15.9 Å². The minimum Gasteiger partial charge on any atom is -0.482 e. The molecule has 6 heteroatoms. The zero-order chi connectivity index (χ0) is 17.6. The van der Waals surface area contributed by atoms with Crippen LogP contribution in [0.1, 0.15) is 39.0 Å². The maximum Gasteiger partial charge on any atom is 0.265 e. The van der Waals surface area contributed by atoms with Crippen molar-refractivity contribution in [2.45, 2.75) is 51.1 Å². The van der Waals surface area contributed by atoms with Gasteiger partial charge in [-0.05, 0) is 50.3 Å². The number of fused-ring (bicyclic) bond motifs is 2. The molecule has 3 unspecified atom stereocenters. The van der Waals surface area contributed by atoms with E-state index in [1.54, 1.807) is 4.90 Å². The molecule has 5 nitrogen and oxygen atoms in total. The highest BCUT2D eigenvalue weighted by Gasteiger charge is 2.43. The summed E-state index contributed by atoms with van der Waals surface area (Å²) in [6.07, 6.45) is 5.90.